The van der Waals surface area contributed by atoms with Crippen molar-refractivity contribution in [3.05, 3.63) is 28.1 Å². The van der Waals surface area contributed by atoms with Crippen molar-refractivity contribution in [1.29, 1.82) is 0 Å². The fraction of sp³-hybridized carbons (Fsp3) is 0.333. The first kappa shape index (κ1) is 9.55. The minimum absolute atomic E-state index is 0.592. The van der Waals surface area contributed by atoms with E-state index in [1.807, 2.05) is 18.2 Å². The molecule has 0 fully saturated rings. The van der Waals surface area contributed by atoms with Crippen LogP contribution in [0.5, 0.6) is 0 Å². The van der Waals surface area contributed by atoms with E-state index in [9.17, 15) is 0 Å². The molecule has 0 atom stereocenters. The third-order valence-electron chi connectivity index (χ3n) is 1.66. The molecule has 2 nitrogen and oxygen atoms in total. The Morgan fingerprint density at radius 3 is 2.83 bits per heavy atom. The quantitative estimate of drug-likeness (QED) is 0.867. The lowest BCUT2D eigenvalue weighted by Gasteiger charge is -1.96. The zero-order valence-electron chi connectivity index (χ0n) is 7.01. The molecule has 0 saturated heterocycles. The molecule has 0 aliphatic heterocycles. The lowest BCUT2D eigenvalue weighted by Crippen LogP contribution is -2.01. The maximum Gasteiger partial charge on any atom is 0.169 e. The van der Waals surface area contributed by atoms with Gasteiger partial charge in [0.1, 0.15) is 5.76 Å². The van der Waals surface area contributed by atoms with Crippen LogP contribution in [0, 0.1) is 0 Å². The van der Waals surface area contributed by atoms with E-state index in [2.05, 4.69) is 22.9 Å². The van der Waals surface area contributed by atoms with E-state index >= 15 is 0 Å². The normalized spacial score (nSPS) is 12.1. The smallest absolute Gasteiger partial charge is 0.169 e. The summed E-state index contributed by atoms with van der Waals surface area (Å²) in [5, 5.41) is 0. The zero-order valence-corrected chi connectivity index (χ0v) is 8.60. The van der Waals surface area contributed by atoms with Crippen molar-refractivity contribution >= 4 is 22.0 Å². The molecule has 0 radical (unpaired) electrons. The Kier molecular flexibility index (Phi) is 3.56. The Balaban J connectivity index is 2.78. The highest BCUT2D eigenvalue weighted by atomic mass is 79.9. The first-order chi connectivity index (χ1) is 5.76. The first-order valence-electron chi connectivity index (χ1n) is 3.91. The topological polar surface area (TPSA) is 39.2 Å². The van der Waals surface area contributed by atoms with E-state index < -0.39 is 0 Å². The van der Waals surface area contributed by atoms with Crippen LogP contribution in [0.15, 0.2) is 26.8 Å². The molecule has 0 bridgehead atoms. The van der Waals surface area contributed by atoms with E-state index in [1.165, 1.54) is 5.57 Å². The van der Waals surface area contributed by atoms with Crippen LogP contribution in [0.25, 0.3) is 6.08 Å². The molecule has 1 rings (SSSR count). The van der Waals surface area contributed by atoms with Crippen LogP contribution in [0.3, 0.4) is 0 Å². The molecule has 0 aliphatic carbocycles. The number of furan rings is 1. The molecule has 1 aromatic heterocycles. The summed E-state index contributed by atoms with van der Waals surface area (Å²) in [6.07, 6.45) is 2.94. The molecule has 0 spiro atoms. The number of nitrogens with two attached hydrogens (primary N) is 1. The zero-order chi connectivity index (χ0) is 8.97. The summed E-state index contributed by atoms with van der Waals surface area (Å²) in [5.41, 5.74) is 6.71. The Morgan fingerprint density at radius 2 is 2.42 bits per heavy atom. The van der Waals surface area contributed by atoms with Gasteiger partial charge in [0.05, 0.1) is 0 Å². The van der Waals surface area contributed by atoms with Gasteiger partial charge in [0.15, 0.2) is 4.67 Å². The first-order valence-corrected chi connectivity index (χ1v) is 4.70. The van der Waals surface area contributed by atoms with Gasteiger partial charge in [0.2, 0.25) is 0 Å². The number of halogens is 1. The number of rotatable bonds is 3. The van der Waals surface area contributed by atoms with Gasteiger partial charge in [-0.3, -0.25) is 0 Å². The highest BCUT2D eigenvalue weighted by molar-refractivity contribution is 9.10. The lowest BCUT2D eigenvalue weighted by atomic mass is 10.2. The van der Waals surface area contributed by atoms with E-state index in [1.54, 1.807) is 0 Å². The van der Waals surface area contributed by atoms with Gasteiger partial charge in [-0.25, -0.2) is 0 Å². The maximum atomic E-state index is 5.52. The lowest BCUT2D eigenvalue weighted by molar-refractivity contribution is 0.531. The van der Waals surface area contributed by atoms with E-state index in [0.29, 0.717) is 6.54 Å². The Bertz CT molecular complexity index is 272. The van der Waals surface area contributed by atoms with Crippen LogP contribution in [-0.2, 0) is 0 Å². The molecule has 3 heteroatoms. The van der Waals surface area contributed by atoms with Crippen LogP contribution < -0.4 is 5.73 Å². The molecule has 0 unspecified atom stereocenters. The van der Waals surface area contributed by atoms with Gasteiger partial charge in [-0.1, -0.05) is 12.5 Å². The molecule has 0 amide bonds. The minimum atomic E-state index is 0.592. The highest BCUT2D eigenvalue weighted by Crippen LogP contribution is 2.17. The molecule has 2 N–H and O–H groups in total. The molecular formula is C9H12BrNO. The van der Waals surface area contributed by atoms with Crippen molar-refractivity contribution in [2.24, 2.45) is 5.73 Å². The Hall–Kier alpha value is -0.540. The highest BCUT2D eigenvalue weighted by Gasteiger charge is 1.96. The molecule has 1 aromatic rings. The summed E-state index contributed by atoms with van der Waals surface area (Å²) in [4.78, 5) is 0. The molecule has 0 saturated carbocycles. The van der Waals surface area contributed by atoms with Crippen LogP contribution >= 0.6 is 15.9 Å². The summed E-state index contributed by atoms with van der Waals surface area (Å²) in [5.74, 6) is 0.851. The van der Waals surface area contributed by atoms with E-state index in [-0.39, 0.29) is 0 Å². The van der Waals surface area contributed by atoms with Crippen LogP contribution in [-0.4, -0.2) is 6.54 Å². The number of hydrogen-bond acceptors (Lipinski definition) is 2. The third-order valence-corrected chi connectivity index (χ3v) is 2.08. The van der Waals surface area contributed by atoms with Crippen molar-refractivity contribution in [2.75, 3.05) is 6.54 Å². The monoisotopic (exact) mass is 229 g/mol. The summed E-state index contributed by atoms with van der Waals surface area (Å²) in [6.45, 7) is 2.67. The second-order valence-corrected chi connectivity index (χ2v) is 3.28. The van der Waals surface area contributed by atoms with Gasteiger partial charge in [0.25, 0.3) is 0 Å². The van der Waals surface area contributed by atoms with Crippen LogP contribution in [0.4, 0.5) is 0 Å². The Morgan fingerprint density at radius 1 is 1.67 bits per heavy atom. The van der Waals surface area contributed by atoms with E-state index in [0.717, 1.165) is 16.9 Å². The van der Waals surface area contributed by atoms with Crippen molar-refractivity contribution in [3.63, 3.8) is 0 Å². The summed E-state index contributed by atoms with van der Waals surface area (Å²) < 4.78 is 6.05. The van der Waals surface area contributed by atoms with Crippen molar-refractivity contribution in [3.8, 4) is 0 Å². The van der Waals surface area contributed by atoms with E-state index in [4.69, 9.17) is 10.2 Å². The van der Waals surface area contributed by atoms with Gasteiger partial charge < -0.3 is 10.2 Å². The standard InChI is InChI=1S/C9H12BrNO/c1-2-7(6-11)5-8-3-4-9(10)12-8/h3-5H,2,6,11H2,1H3. The molecule has 66 valence electrons. The van der Waals surface area contributed by atoms with Crippen molar-refractivity contribution in [1.82, 2.24) is 0 Å². The molecule has 1 heterocycles. The van der Waals surface area contributed by atoms with Gasteiger partial charge in [-0.05, 0) is 40.6 Å². The molecule has 12 heavy (non-hydrogen) atoms. The predicted octanol–water partition coefficient (Wildman–Crippen LogP) is 2.79. The summed E-state index contributed by atoms with van der Waals surface area (Å²) in [6, 6.07) is 3.78. The van der Waals surface area contributed by atoms with Gasteiger partial charge in [0, 0.05) is 6.54 Å². The van der Waals surface area contributed by atoms with Gasteiger partial charge >= 0.3 is 0 Å². The maximum absolute atomic E-state index is 5.52. The van der Waals surface area contributed by atoms with Crippen molar-refractivity contribution in [2.45, 2.75) is 13.3 Å². The third kappa shape index (κ3) is 2.50. The second-order valence-electron chi connectivity index (χ2n) is 2.50. The average molecular weight is 230 g/mol. The van der Waals surface area contributed by atoms with Crippen molar-refractivity contribution < 1.29 is 4.42 Å². The average Bonchev–Trinajstić information content (AvgIpc) is 2.47. The molecular weight excluding hydrogens is 218 g/mol. The summed E-state index contributed by atoms with van der Waals surface area (Å²) in [7, 11) is 0. The SMILES string of the molecule is CCC(=Cc1ccc(Br)o1)CN. The second kappa shape index (κ2) is 4.48. The Labute approximate surface area is 80.6 Å². The minimum Gasteiger partial charge on any atom is -0.450 e. The van der Waals surface area contributed by atoms with Crippen LogP contribution in [0.2, 0.25) is 0 Å². The largest absolute Gasteiger partial charge is 0.450 e. The number of hydrogen-bond donors (Lipinski definition) is 1. The van der Waals surface area contributed by atoms with Crippen LogP contribution in [0.1, 0.15) is 19.1 Å². The molecule has 0 aromatic carbocycles. The summed E-state index contributed by atoms with van der Waals surface area (Å²) >= 11 is 3.24. The van der Waals surface area contributed by atoms with Gasteiger partial charge in [-0.15, -0.1) is 0 Å². The molecule has 0 aliphatic rings. The fourth-order valence-electron chi connectivity index (χ4n) is 0.912. The van der Waals surface area contributed by atoms with Gasteiger partial charge in [-0.2, -0.15) is 0 Å². The fourth-order valence-corrected chi connectivity index (χ4v) is 1.23. The predicted molar refractivity (Wildman–Crippen MR) is 53.7 cm³/mol.